The van der Waals surface area contributed by atoms with Gasteiger partial charge in [0.05, 0.1) is 29.3 Å². The van der Waals surface area contributed by atoms with Crippen LogP contribution >= 0.6 is 0 Å². The highest BCUT2D eigenvalue weighted by Gasteiger charge is 2.35. The molecule has 0 radical (unpaired) electrons. The van der Waals surface area contributed by atoms with Gasteiger partial charge in [-0.25, -0.2) is 13.9 Å². The highest BCUT2D eigenvalue weighted by Crippen LogP contribution is 2.42. The largest absolute Gasteiger partial charge is 0.478 e. The molecule has 1 aromatic heterocycles. The number of nitrogens with zero attached hydrogens (tertiary/aromatic N) is 4. The fraction of sp³-hybridized carbons (Fsp3) is 0.414. The Kier molecular flexibility index (Phi) is 6.28. The molecule has 1 aliphatic carbocycles. The molecule has 7 nitrogen and oxygen atoms in total. The maximum absolute atomic E-state index is 16.0. The Bertz CT molecular complexity index is 1340. The van der Waals surface area contributed by atoms with Crippen molar-refractivity contribution in [2.75, 3.05) is 19.6 Å². The zero-order valence-corrected chi connectivity index (χ0v) is 20.8. The summed E-state index contributed by atoms with van der Waals surface area (Å²) in [6.45, 7) is 2.63. The summed E-state index contributed by atoms with van der Waals surface area (Å²) < 4.78 is 17.6. The molecular formula is C29H31FN4O3. The van der Waals surface area contributed by atoms with E-state index in [1.54, 1.807) is 22.9 Å². The third-order valence-electron chi connectivity index (χ3n) is 7.93. The highest BCUT2D eigenvalue weighted by molar-refractivity contribution is 5.96. The van der Waals surface area contributed by atoms with E-state index in [0.717, 1.165) is 58.0 Å². The van der Waals surface area contributed by atoms with Crippen molar-refractivity contribution in [3.8, 4) is 16.8 Å². The Morgan fingerprint density at radius 2 is 1.68 bits per heavy atom. The molecule has 2 saturated heterocycles. The molecule has 1 atom stereocenters. The lowest BCUT2D eigenvalue weighted by Crippen LogP contribution is -2.52. The van der Waals surface area contributed by atoms with Crippen LogP contribution in [0.1, 0.15) is 77.3 Å². The van der Waals surface area contributed by atoms with Crippen LogP contribution in [-0.4, -0.2) is 62.4 Å². The number of benzene rings is 2. The molecule has 1 unspecified atom stereocenters. The summed E-state index contributed by atoms with van der Waals surface area (Å²) in [7, 11) is 0. The van der Waals surface area contributed by atoms with Crippen molar-refractivity contribution >= 4 is 11.9 Å². The van der Waals surface area contributed by atoms with Gasteiger partial charge in [0.1, 0.15) is 11.4 Å². The summed E-state index contributed by atoms with van der Waals surface area (Å²) in [6, 6.07) is 12.3. The first-order valence-electron chi connectivity index (χ1n) is 13.3. The minimum absolute atomic E-state index is 0.0409. The van der Waals surface area contributed by atoms with Crippen LogP contribution in [0.4, 0.5) is 4.39 Å². The number of aromatic carboxylic acids is 1. The molecular weight excluding hydrogens is 471 g/mol. The van der Waals surface area contributed by atoms with Crippen LogP contribution in [0, 0.1) is 5.82 Å². The number of likely N-dealkylation sites (tertiary alicyclic amines) is 2. The quantitative estimate of drug-likeness (QED) is 0.495. The zero-order valence-electron chi connectivity index (χ0n) is 20.8. The van der Waals surface area contributed by atoms with Crippen molar-refractivity contribution in [1.29, 1.82) is 0 Å². The van der Waals surface area contributed by atoms with E-state index in [9.17, 15) is 14.7 Å². The van der Waals surface area contributed by atoms with Gasteiger partial charge >= 0.3 is 5.97 Å². The second-order valence-electron chi connectivity index (χ2n) is 10.4. The zero-order chi connectivity index (χ0) is 25.5. The Morgan fingerprint density at radius 1 is 0.919 bits per heavy atom. The van der Waals surface area contributed by atoms with Gasteiger partial charge in [0.15, 0.2) is 0 Å². The summed E-state index contributed by atoms with van der Waals surface area (Å²) in [4.78, 5) is 29.6. The molecule has 3 fully saturated rings. The van der Waals surface area contributed by atoms with Gasteiger partial charge in [0.25, 0.3) is 5.91 Å². The van der Waals surface area contributed by atoms with E-state index < -0.39 is 11.8 Å². The number of carboxylic acids is 1. The summed E-state index contributed by atoms with van der Waals surface area (Å²) in [5.41, 5.74) is 2.63. The van der Waals surface area contributed by atoms with Gasteiger partial charge in [0.2, 0.25) is 0 Å². The standard InChI is InChI=1S/C29H31FN4O3/c30-26-22(9-6-10-23(26)28(35)33-16-2-1-11-25(33)32-14-3-4-15-32)20-7-5-8-21(17-20)34-27(19-12-13-19)24(18-31-34)29(36)37/h5-10,17-19,25H,1-4,11-16H2,(H,36,37). The molecule has 1 saturated carbocycles. The van der Waals surface area contributed by atoms with Gasteiger partial charge < -0.3 is 10.0 Å². The third-order valence-corrected chi connectivity index (χ3v) is 7.93. The van der Waals surface area contributed by atoms with E-state index in [4.69, 9.17) is 0 Å². The number of rotatable bonds is 6. The number of hydrogen-bond acceptors (Lipinski definition) is 4. The molecule has 6 rings (SSSR count). The van der Waals surface area contributed by atoms with Gasteiger partial charge in [-0.15, -0.1) is 0 Å². The Morgan fingerprint density at radius 3 is 2.43 bits per heavy atom. The van der Waals surface area contributed by atoms with Crippen LogP contribution in [-0.2, 0) is 0 Å². The molecule has 3 aromatic rings. The van der Waals surface area contributed by atoms with E-state index >= 15 is 4.39 Å². The van der Waals surface area contributed by atoms with Crippen LogP contribution < -0.4 is 0 Å². The molecule has 1 amide bonds. The number of amides is 1. The molecule has 1 N–H and O–H groups in total. The lowest BCUT2D eigenvalue weighted by molar-refractivity contribution is 0.0225. The summed E-state index contributed by atoms with van der Waals surface area (Å²) in [5.74, 6) is -1.60. The molecule has 2 aliphatic heterocycles. The predicted octanol–water partition coefficient (Wildman–Crippen LogP) is 5.30. The first-order valence-corrected chi connectivity index (χ1v) is 13.3. The van der Waals surface area contributed by atoms with Crippen molar-refractivity contribution in [2.45, 2.75) is 57.0 Å². The van der Waals surface area contributed by atoms with Crippen LogP contribution in [0.25, 0.3) is 16.8 Å². The fourth-order valence-electron chi connectivity index (χ4n) is 5.93. The van der Waals surface area contributed by atoms with Crippen LogP contribution in [0.15, 0.2) is 48.7 Å². The molecule has 37 heavy (non-hydrogen) atoms. The minimum atomic E-state index is -0.994. The van der Waals surface area contributed by atoms with Crippen molar-refractivity contribution in [1.82, 2.24) is 19.6 Å². The smallest absolute Gasteiger partial charge is 0.339 e. The summed E-state index contributed by atoms with van der Waals surface area (Å²) in [6.07, 6.45) is 8.53. The van der Waals surface area contributed by atoms with E-state index in [0.29, 0.717) is 29.1 Å². The van der Waals surface area contributed by atoms with Gasteiger partial charge in [-0.3, -0.25) is 9.69 Å². The maximum atomic E-state index is 16.0. The highest BCUT2D eigenvalue weighted by atomic mass is 19.1. The SMILES string of the molecule is O=C(O)c1cnn(-c2cccc(-c3cccc(C(=O)N4CCCCC4N4CCCC4)c3F)c2)c1C1CC1. The molecule has 8 heteroatoms. The Balaban J connectivity index is 1.33. The number of carbonyl (C=O) groups excluding carboxylic acids is 1. The van der Waals surface area contributed by atoms with E-state index in [1.165, 1.54) is 6.20 Å². The lowest BCUT2D eigenvalue weighted by Gasteiger charge is -2.41. The third kappa shape index (κ3) is 4.44. The van der Waals surface area contributed by atoms with Gasteiger partial charge in [-0.2, -0.15) is 5.10 Å². The first kappa shape index (κ1) is 23.9. The Hall–Kier alpha value is -3.52. The van der Waals surface area contributed by atoms with Crippen LogP contribution in [0.2, 0.25) is 0 Å². The van der Waals surface area contributed by atoms with Crippen LogP contribution in [0.5, 0.6) is 0 Å². The molecule has 192 valence electrons. The minimum Gasteiger partial charge on any atom is -0.478 e. The number of carbonyl (C=O) groups is 2. The fourth-order valence-corrected chi connectivity index (χ4v) is 5.93. The Labute approximate surface area is 215 Å². The van der Waals surface area contributed by atoms with Crippen molar-refractivity contribution < 1.29 is 19.1 Å². The normalized spacial score (nSPS) is 20.4. The van der Waals surface area contributed by atoms with Crippen molar-refractivity contribution in [2.24, 2.45) is 0 Å². The predicted molar refractivity (Wildman–Crippen MR) is 137 cm³/mol. The van der Waals surface area contributed by atoms with Crippen LogP contribution in [0.3, 0.4) is 0 Å². The second-order valence-corrected chi connectivity index (χ2v) is 10.4. The summed E-state index contributed by atoms with van der Waals surface area (Å²) in [5, 5.41) is 14.0. The van der Waals surface area contributed by atoms with Crippen molar-refractivity contribution in [3.63, 3.8) is 0 Å². The maximum Gasteiger partial charge on any atom is 0.339 e. The summed E-state index contributed by atoms with van der Waals surface area (Å²) >= 11 is 0. The molecule has 3 aliphatic rings. The first-order chi connectivity index (χ1) is 18.0. The monoisotopic (exact) mass is 502 g/mol. The van der Waals surface area contributed by atoms with Gasteiger partial charge in [0, 0.05) is 31.1 Å². The van der Waals surface area contributed by atoms with E-state index in [-0.39, 0.29) is 29.1 Å². The van der Waals surface area contributed by atoms with E-state index in [1.807, 2.05) is 29.2 Å². The van der Waals surface area contributed by atoms with Crippen molar-refractivity contribution in [3.05, 3.63) is 71.3 Å². The average Bonchev–Trinajstić information content (AvgIpc) is 3.41. The number of halogens is 1. The number of aromatic nitrogens is 2. The molecule has 3 heterocycles. The number of piperidine rings is 1. The topological polar surface area (TPSA) is 78.7 Å². The molecule has 0 spiro atoms. The van der Waals surface area contributed by atoms with Gasteiger partial charge in [-0.05, 0) is 68.7 Å². The number of carboxylic acid groups (broad SMARTS) is 1. The van der Waals surface area contributed by atoms with Gasteiger partial charge in [-0.1, -0.05) is 24.3 Å². The number of hydrogen-bond donors (Lipinski definition) is 1. The average molecular weight is 503 g/mol. The lowest BCUT2D eigenvalue weighted by atomic mass is 9.99. The second kappa shape index (κ2) is 9.74. The molecule has 0 bridgehead atoms. The van der Waals surface area contributed by atoms with E-state index in [2.05, 4.69) is 10.00 Å². The molecule has 2 aromatic carbocycles.